The van der Waals surface area contributed by atoms with Gasteiger partial charge in [0.25, 0.3) is 0 Å². The van der Waals surface area contributed by atoms with E-state index < -0.39 is 0 Å². The topological polar surface area (TPSA) is 69.7 Å². The van der Waals surface area contributed by atoms with Crippen LogP contribution in [0.3, 0.4) is 0 Å². The van der Waals surface area contributed by atoms with Gasteiger partial charge in [-0.3, -0.25) is 4.99 Å². The molecule has 2 heterocycles. The van der Waals surface area contributed by atoms with Gasteiger partial charge in [-0.2, -0.15) is 0 Å². The summed E-state index contributed by atoms with van der Waals surface area (Å²) in [6.07, 6.45) is 5.75. The molecular weight excluding hydrogens is 350 g/mol. The second kappa shape index (κ2) is 10.7. The Morgan fingerprint density at radius 2 is 1.89 bits per heavy atom. The number of dihydropyridines is 1. The Kier molecular flexibility index (Phi) is 8.64. The number of ether oxygens (including phenoxy) is 2. The molecule has 28 heavy (non-hydrogen) atoms. The van der Waals surface area contributed by atoms with Crippen LogP contribution >= 0.6 is 0 Å². The van der Waals surface area contributed by atoms with Crippen molar-refractivity contribution in [2.45, 2.75) is 86.1 Å². The van der Waals surface area contributed by atoms with Crippen molar-refractivity contribution in [3.63, 3.8) is 0 Å². The Labute approximate surface area is 170 Å². The van der Waals surface area contributed by atoms with E-state index in [2.05, 4.69) is 46.8 Å². The average Bonchev–Trinajstić information content (AvgIpc) is 2.71. The van der Waals surface area contributed by atoms with Gasteiger partial charge in [-0.25, -0.2) is 4.98 Å². The number of aromatic nitrogens is 1. The van der Waals surface area contributed by atoms with Crippen molar-refractivity contribution in [2.24, 2.45) is 16.6 Å². The van der Waals surface area contributed by atoms with Crippen LogP contribution in [0.4, 0.5) is 0 Å². The molecule has 1 aliphatic heterocycles. The van der Waals surface area contributed by atoms with E-state index in [9.17, 15) is 0 Å². The van der Waals surface area contributed by atoms with Gasteiger partial charge in [0.15, 0.2) is 6.23 Å². The quantitative estimate of drug-likeness (QED) is 0.619. The highest BCUT2D eigenvalue weighted by atomic mass is 16.5. The molecule has 0 bridgehead atoms. The fraction of sp³-hybridized carbons (Fsp3) is 0.652. The number of nitrogens with zero attached hydrogens (tertiary/aromatic N) is 2. The fourth-order valence-corrected chi connectivity index (χ4v) is 3.45. The van der Waals surface area contributed by atoms with E-state index >= 15 is 0 Å². The van der Waals surface area contributed by atoms with E-state index in [1.807, 2.05) is 6.92 Å². The van der Waals surface area contributed by atoms with Crippen LogP contribution in [0.1, 0.15) is 77.8 Å². The van der Waals surface area contributed by atoms with Crippen molar-refractivity contribution < 1.29 is 9.47 Å². The summed E-state index contributed by atoms with van der Waals surface area (Å²) in [7, 11) is 0. The molecule has 0 radical (unpaired) electrons. The first-order chi connectivity index (χ1) is 13.5. The Balaban J connectivity index is 2.46. The van der Waals surface area contributed by atoms with Gasteiger partial charge in [-0.1, -0.05) is 40.7 Å². The Bertz CT molecular complexity index is 706. The molecule has 0 saturated carbocycles. The SMILES string of the molecule is CCOC1N=C(C(C)C)CC=C1c1nc(CN)c(OC(CC)CC)cc1CC. The van der Waals surface area contributed by atoms with Gasteiger partial charge in [0.2, 0.25) is 0 Å². The predicted octanol–water partition coefficient (Wildman–Crippen LogP) is 4.92. The molecule has 5 nitrogen and oxygen atoms in total. The number of hydrogen-bond donors (Lipinski definition) is 1. The molecule has 2 N–H and O–H groups in total. The lowest BCUT2D eigenvalue weighted by Crippen LogP contribution is -2.24. The van der Waals surface area contributed by atoms with Gasteiger partial charge in [-0.05, 0) is 43.7 Å². The van der Waals surface area contributed by atoms with Gasteiger partial charge in [-0.15, -0.1) is 0 Å². The molecule has 0 spiro atoms. The normalized spacial score (nSPS) is 17.1. The number of aryl methyl sites for hydroxylation is 1. The van der Waals surface area contributed by atoms with E-state index in [1.54, 1.807) is 0 Å². The molecule has 0 aliphatic carbocycles. The molecule has 0 amide bonds. The first kappa shape index (κ1) is 22.6. The molecule has 2 rings (SSSR count). The van der Waals surface area contributed by atoms with Crippen molar-refractivity contribution in [3.05, 3.63) is 29.1 Å². The molecule has 1 aromatic rings. The molecule has 1 aromatic heterocycles. The summed E-state index contributed by atoms with van der Waals surface area (Å²) in [5, 5.41) is 0. The number of nitrogens with two attached hydrogens (primary N) is 1. The minimum absolute atomic E-state index is 0.186. The van der Waals surface area contributed by atoms with Crippen LogP contribution in [0.2, 0.25) is 0 Å². The van der Waals surface area contributed by atoms with Gasteiger partial charge in [0, 0.05) is 30.9 Å². The van der Waals surface area contributed by atoms with Crippen LogP contribution in [-0.4, -0.2) is 29.6 Å². The Morgan fingerprint density at radius 3 is 2.43 bits per heavy atom. The second-order valence-corrected chi connectivity index (χ2v) is 7.50. The number of aliphatic imine (C=N–C) groups is 1. The summed E-state index contributed by atoms with van der Waals surface area (Å²) in [6.45, 7) is 13.7. The lowest BCUT2D eigenvalue weighted by molar-refractivity contribution is 0.108. The third-order valence-corrected chi connectivity index (χ3v) is 5.26. The second-order valence-electron chi connectivity index (χ2n) is 7.50. The van der Waals surface area contributed by atoms with Gasteiger partial charge in [0.05, 0.1) is 17.5 Å². The van der Waals surface area contributed by atoms with Gasteiger partial charge in [0.1, 0.15) is 5.75 Å². The monoisotopic (exact) mass is 387 g/mol. The molecule has 156 valence electrons. The molecule has 1 atom stereocenters. The fourth-order valence-electron chi connectivity index (χ4n) is 3.45. The highest BCUT2D eigenvalue weighted by molar-refractivity contribution is 5.92. The highest BCUT2D eigenvalue weighted by Gasteiger charge is 2.25. The molecule has 0 saturated heterocycles. The standard InChI is InChI=1S/C23H37N3O2/c1-7-16-13-21(28-17(8-2)9-3)20(14-24)25-22(16)18-11-12-19(15(5)6)26-23(18)27-10-4/h11,13,15,17,23H,7-10,12,14,24H2,1-6H3. The van der Waals surface area contributed by atoms with Crippen molar-refractivity contribution in [2.75, 3.05) is 6.61 Å². The molecular formula is C23H37N3O2. The van der Waals surface area contributed by atoms with E-state index in [0.717, 1.165) is 54.0 Å². The molecule has 0 fully saturated rings. The molecule has 0 aromatic carbocycles. The highest BCUT2D eigenvalue weighted by Crippen LogP contribution is 2.32. The summed E-state index contributed by atoms with van der Waals surface area (Å²) in [5.41, 5.74) is 11.2. The number of hydrogen-bond acceptors (Lipinski definition) is 5. The van der Waals surface area contributed by atoms with E-state index in [0.29, 0.717) is 19.1 Å². The van der Waals surface area contributed by atoms with E-state index in [1.165, 1.54) is 5.71 Å². The van der Waals surface area contributed by atoms with Gasteiger partial charge < -0.3 is 15.2 Å². The van der Waals surface area contributed by atoms with Crippen molar-refractivity contribution in [1.82, 2.24) is 4.98 Å². The number of allylic oxidation sites excluding steroid dienone is 1. The van der Waals surface area contributed by atoms with Crippen LogP contribution in [0.5, 0.6) is 5.75 Å². The van der Waals surface area contributed by atoms with Crippen molar-refractivity contribution >= 4 is 11.3 Å². The van der Waals surface area contributed by atoms with E-state index in [-0.39, 0.29) is 12.3 Å². The summed E-state index contributed by atoms with van der Waals surface area (Å²) < 4.78 is 12.2. The zero-order chi connectivity index (χ0) is 20.7. The Morgan fingerprint density at radius 1 is 1.18 bits per heavy atom. The Hall–Kier alpha value is -1.72. The van der Waals surface area contributed by atoms with Crippen LogP contribution in [0.25, 0.3) is 5.57 Å². The third-order valence-electron chi connectivity index (χ3n) is 5.26. The van der Waals surface area contributed by atoms with Crippen LogP contribution in [0, 0.1) is 5.92 Å². The number of rotatable bonds is 10. The maximum atomic E-state index is 6.22. The lowest BCUT2D eigenvalue weighted by Gasteiger charge is -2.26. The van der Waals surface area contributed by atoms with Crippen molar-refractivity contribution in [3.8, 4) is 5.75 Å². The third kappa shape index (κ3) is 5.21. The van der Waals surface area contributed by atoms with Crippen LogP contribution in [0.15, 0.2) is 17.1 Å². The first-order valence-electron chi connectivity index (χ1n) is 10.8. The largest absolute Gasteiger partial charge is 0.488 e. The number of pyridine rings is 1. The lowest BCUT2D eigenvalue weighted by atomic mass is 9.95. The smallest absolute Gasteiger partial charge is 0.175 e. The van der Waals surface area contributed by atoms with Crippen molar-refractivity contribution in [1.29, 1.82) is 0 Å². The maximum absolute atomic E-state index is 6.22. The average molecular weight is 388 g/mol. The summed E-state index contributed by atoms with van der Waals surface area (Å²) >= 11 is 0. The maximum Gasteiger partial charge on any atom is 0.175 e. The zero-order valence-electron chi connectivity index (χ0n) is 18.4. The minimum Gasteiger partial charge on any atom is -0.488 e. The predicted molar refractivity (Wildman–Crippen MR) is 117 cm³/mol. The minimum atomic E-state index is -0.301. The first-order valence-corrected chi connectivity index (χ1v) is 10.8. The summed E-state index contributed by atoms with van der Waals surface area (Å²) in [5.74, 6) is 1.22. The zero-order valence-corrected chi connectivity index (χ0v) is 18.4. The molecule has 1 aliphatic rings. The van der Waals surface area contributed by atoms with E-state index in [4.69, 9.17) is 25.2 Å². The molecule has 5 heteroatoms. The van der Waals surface area contributed by atoms with Crippen LogP contribution < -0.4 is 10.5 Å². The molecule has 1 unspecified atom stereocenters. The summed E-state index contributed by atoms with van der Waals surface area (Å²) in [6, 6.07) is 2.12. The van der Waals surface area contributed by atoms with Crippen LogP contribution in [-0.2, 0) is 17.7 Å². The summed E-state index contributed by atoms with van der Waals surface area (Å²) in [4.78, 5) is 9.82. The van der Waals surface area contributed by atoms with Gasteiger partial charge >= 0.3 is 0 Å².